The van der Waals surface area contributed by atoms with Gasteiger partial charge in [-0.15, -0.1) is 0 Å². The van der Waals surface area contributed by atoms with Crippen molar-refractivity contribution in [1.29, 1.82) is 0 Å². The first kappa shape index (κ1) is 21.4. The van der Waals surface area contributed by atoms with Gasteiger partial charge in [-0.05, 0) is 43.3 Å². The molecule has 0 amide bonds. The number of ketones is 1. The number of hydrogen-bond acceptors (Lipinski definition) is 2. The number of unbranched alkanes of at least 4 members (excludes halogenated alkanes) is 5. The Balaban J connectivity index is 3.70. The largest absolute Gasteiger partial charge is 0.417 e. The molecule has 0 radical (unpaired) electrons. The Hall–Kier alpha value is -0.593. The van der Waals surface area contributed by atoms with Gasteiger partial charge in [0.2, 0.25) is 5.78 Å². The average molecular weight is 325 g/mol. The van der Waals surface area contributed by atoms with E-state index in [1.165, 1.54) is 12.8 Å². The van der Waals surface area contributed by atoms with Crippen LogP contribution >= 0.6 is 0 Å². The van der Waals surface area contributed by atoms with Crippen molar-refractivity contribution in [1.82, 2.24) is 0 Å². The molecule has 0 heterocycles. The van der Waals surface area contributed by atoms with Crippen molar-refractivity contribution in [3.05, 3.63) is 0 Å². The van der Waals surface area contributed by atoms with Crippen LogP contribution in [0, 0.1) is 11.8 Å². The van der Waals surface area contributed by atoms with Gasteiger partial charge in [0, 0.05) is 19.4 Å². The highest BCUT2D eigenvalue weighted by Gasteiger charge is 2.36. The van der Waals surface area contributed by atoms with Crippen LogP contribution in [0.15, 0.2) is 0 Å². The van der Waals surface area contributed by atoms with Crippen LogP contribution in [0.25, 0.3) is 0 Å². The molecule has 0 rings (SSSR count). The van der Waals surface area contributed by atoms with E-state index in [1.54, 1.807) is 0 Å². The topological polar surface area (TPSA) is 26.3 Å². The summed E-state index contributed by atoms with van der Waals surface area (Å²) in [6.45, 7) is 14.3. The fourth-order valence-electron chi connectivity index (χ4n) is 1.80. The van der Waals surface area contributed by atoms with Gasteiger partial charge in [-0.2, -0.15) is 0 Å². The molecular formula is C19H36O2Si. The van der Waals surface area contributed by atoms with E-state index in [0.29, 0.717) is 6.42 Å². The smallest absolute Gasteiger partial charge is 0.205 e. The zero-order valence-corrected chi connectivity index (χ0v) is 16.7. The Morgan fingerprint density at radius 2 is 1.73 bits per heavy atom. The molecule has 0 aromatic rings. The van der Waals surface area contributed by atoms with E-state index in [0.717, 1.165) is 38.7 Å². The van der Waals surface area contributed by atoms with Gasteiger partial charge in [0.1, 0.15) is 0 Å². The van der Waals surface area contributed by atoms with Gasteiger partial charge in [-0.1, -0.05) is 52.9 Å². The van der Waals surface area contributed by atoms with Crippen LogP contribution in [-0.2, 0) is 9.22 Å². The molecule has 128 valence electrons. The van der Waals surface area contributed by atoms with Crippen molar-refractivity contribution < 1.29 is 9.22 Å². The van der Waals surface area contributed by atoms with Gasteiger partial charge in [0.15, 0.2) is 8.32 Å². The van der Waals surface area contributed by atoms with Gasteiger partial charge in [0.05, 0.1) is 0 Å². The fraction of sp³-hybridized carbons (Fsp3) is 0.842. The van der Waals surface area contributed by atoms with Crippen LogP contribution in [0.2, 0.25) is 18.1 Å². The van der Waals surface area contributed by atoms with Crippen LogP contribution in [0.3, 0.4) is 0 Å². The van der Waals surface area contributed by atoms with E-state index in [1.807, 2.05) is 0 Å². The van der Waals surface area contributed by atoms with E-state index in [4.69, 9.17) is 4.43 Å². The maximum absolute atomic E-state index is 11.5. The van der Waals surface area contributed by atoms with Crippen LogP contribution in [-0.4, -0.2) is 20.7 Å². The molecule has 0 fully saturated rings. The molecule has 0 aromatic carbocycles. The zero-order valence-electron chi connectivity index (χ0n) is 15.7. The molecule has 0 bridgehead atoms. The minimum atomic E-state index is -1.60. The second kappa shape index (κ2) is 11.0. The molecule has 3 heteroatoms. The lowest BCUT2D eigenvalue weighted by molar-refractivity contribution is -0.113. The number of Topliss-reactive ketones (excluding diaryl/α,β-unsaturated/α-hetero) is 1. The normalized spacial score (nSPS) is 11.9. The van der Waals surface area contributed by atoms with Gasteiger partial charge >= 0.3 is 0 Å². The molecule has 0 saturated heterocycles. The maximum atomic E-state index is 11.5. The van der Waals surface area contributed by atoms with Crippen LogP contribution in [0.5, 0.6) is 0 Å². The lowest BCUT2D eigenvalue weighted by atomic mass is 10.1. The minimum Gasteiger partial charge on any atom is -0.417 e. The highest BCUT2D eigenvalue weighted by atomic mass is 28.4. The Morgan fingerprint density at radius 1 is 1.05 bits per heavy atom. The second-order valence-electron chi connectivity index (χ2n) is 7.60. The molecule has 0 atom stereocenters. The summed E-state index contributed by atoms with van der Waals surface area (Å²) in [5.74, 6) is 5.89. The molecule has 0 aliphatic heterocycles. The number of carbonyl (C=O) groups is 1. The minimum absolute atomic E-state index is 0.105. The molecule has 2 nitrogen and oxygen atoms in total. The van der Waals surface area contributed by atoms with E-state index < -0.39 is 8.32 Å². The zero-order chi connectivity index (χ0) is 17.1. The van der Waals surface area contributed by atoms with Gasteiger partial charge in [-0.25, -0.2) is 0 Å². The molecule has 0 aliphatic rings. The first-order valence-corrected chi connectivity index (χ1v) is 11.8. The van der Waals surface area contributed by atoms with Gasteiger partial charge in [0.25, 0.3) is 0 Å². The third-order valence-corrected chi connectivity index (χ3v) is 8.99. The molecule has 22 heavy (non-hydrogen) atoms. The van der Waals surface area contributed by atoms with E-state index in [2.05, 4.69) is 52.6 Å². The van der Waals surface area contributed by atoms with Crippen molar-refractivity contribution >= 4 is 14.1 Å². The van der Waals surface area contributed by atoms with E-state index >= 15 is 0 Å². The predicted molar refractivity (Wildman–Crippen MR) is 98.5 cm³/mol. The van der Waals surface area contributed by atoms with Gasteiger partial charge < -0.3 is 4.43 Å². The lowest BCUT2D eigenvalue weighted by Gasteiger charge is -2.36. The average Bonchev–Trinajstić information content (AvgIpc) is 2.41. The summed E-state index contributed by atoms with van der Waals surface area (Å²) in [5, 5.41) is 0.275. The third kappa shape index (κ3) is 10.2. The maximum Gasteiger partial charge on any atom is 0.205 e. The Kier molecular flexibility index (Phi) is 10.7. The van der Waals surface area contributed by atoms with Crippen molar-refractivity contribution in [3.8, 4) is 11.8 Å². The lowest BCUT2D eigenvalue weighted by Crippen LogP contribution is -2.40. The second-order valence-corrected chi connectivity index (χ2v) is 12.4. The van der Waals surface area contributed by atoms with Gasteiger partial charge in [-0.3, -0.25) is 4.79 Å². The highest BCUT2D eigenvalue weighted by Crippen LogP contribution is 2.36. The first-order valence-electron chi connectivity index (χ1n) is 8.86. The highest BCUT2D eigenvalue weighted by molar-refractivity contribution is 6.74. The van der Waals surface area contributed by atoms with Crippen LogP contribution < -0.4 is 0 Å². The quantitative estimate of drug-likeness (QED) is 0.222. The SMILES string of the molecule is CCCCCCC(=O)C#CCCCCO[Si](C)(C)C(C)(C)C. The summed E-state index contributed by atoms with van der Waals surface area (Å²) in [4.78, 5) is 11.5. The summed E-state index contributed by atoms with van der Waals surface area (Å²) >= 11 is 0. The number of hydrogen-bond donors (Lipinski definition) is 0. The molecule has 0 N–H and O–H groups in total. The van der Waals surface area contributed by atoms with Crippen LogP contribution in [0.1, 0.15) is 79.1 Å². The standard InChI is InChI=1S/C19H36O2Si/c1-7-8-9-12-15-18(20)16-13-10-11-14-17-21-22(5,6)19(2,3)4/h7-12,14-15,17H2,1-6H3. The van der Waals surface area contributed by atoms with Crippen molar-refractivity contribution in [3.63, 3.8) is 0 Å². The third-order valence-electron chi connectivity index (χ3n) is 4.45. The first-order chi connectivity index (χ1) is 10.2. The monoisotopic (exact) mass is 324 g/mol. The molecule has 0 aliphatic carbocycles. The predicted octanol–water partition coefficient (Wildman–Crippen LogP) is 5.72. The van der Waals surface area contributed by atoms with Crippen molar-refractivity contribution in [2.45, 2.75) is 97.2 Å². The Morgan fingerprint density at radius 3 is 2.32 bits per heavy atom. The summed E-state index contributed by atoms with van der Waals surface area (Å²) < 4.78 is 6.12. The van der Waals surface area contributed by atoms with E-state index in [-0.39, 0.29) is 10.8 Å². The van der Waals surface area contributed by atoms with Crippen LogP contribution in [0.4, 0.5) is 0 Å². The Bertz CT molecular complexity index is 369. The molecular weight excluding hydrogens is 288 g/mol. The summed E-state index contributed by atoms with van der Waals surface area (Å²) in [5.41, 5.74) is 0. The summed E-state index contributed by atoms with van der Waals surface area (Å²) in [6.07, 6.45) is 8.04. The number of rotatable bonds is 10. The van der Waals surface area contributed by atoms with Crippen molar-refractivity contribution in [2.75, 3.05) is 6.61 Å². The molecule has 0 aromatic heterocycles. The van der Waals surface area contributed by atoms with Crippen molar-refractivity contribution in [2.24, 2.45) is 0 Å². The molecule has 0 spiro atoms. The summed E-state index contributed by atoms with van der Waals surface area (Å²) in [6, 6.07) is 0. The molecule has 0 unspecified atom stereocenters. The Labute approximate surface area is 139 Å². The summed E-state index contributed by atoms with van der Waals surface area (Å²) in [7, 11) is -1.60. The molecule has 0 saturated carbocycles. The fourth-order valence-corrected chi connectivity index (χ4v) is 2.88. The van der Waals surface area contributed by atoms with E-state index in [9.17, 15) is 4.79 Å². The number of carbonyl (C=O) groups excluding carboxylic acids is 1.